The van der Waals surface area contributed by atoms with Crippen LogP contribution in [0, 0.1) is 23.7 Å². The summed E-state index contributed by atoms with van der Waals surface area (Å²) in [5, 5.41) is 11.0. The van der Waals surface area contributed by atoms with Crippen molar-refractivity contribution in [3.05, 3.63) is 88.6 Å². The van der Waals surface area contributed by atoms with Gasteiger partial charge in [0, 0.05) is 42.1 Å². The molecule has 2 N–H and O–H groups in total. The maximum absolute atomic E-state index is 13.4. The molecule has 3 aromatic rings. The summed E-state index contributed by atoms with van der Waals surface area (Å²) in [6, 6.07) is 18.3. The molecule has 0 bridgehead atoms. The number of ether oxygens (including phenoxy) is 2. The molecule has 6 nitrogen and oxygen atoms in total. The van der Waals surface area contributed by atoms with E-state index in [4.69, 9.17) is 15.2 Å². The minimum absolute atomic E-state index is 0.0231. The van der Waals surface area contributed by atoms with Crippen molar-refractivity contribution in [2.45, 2.75) is 52.5 Å². The van der Waals surface area contributed by atoms with Gasteiger partial charge in [-0.1, -0.05) is 50.2 Å². The van der Waals surface area contributed by atoms with E-state index in [1.54, 1.807) is 0 Å². The Bertz CT molecular complexity index is 1450. The molecular weight excluding hydrogens is 450 g/mol. The number of nitrogens with zero attached hydrogens (tertiary/aromatic N) is 2. The van der Waals surface area contributed by atoms with Gasteiger partial charge in [-0.05, 0) is 42.0 Å². The predicted octanol–water partition coefficient (Wildman–Crippen LogP) is 5.87. The van der Waals surface area contributed by atoms with E-state index in [9.17, 15) is 10.1 Å². The normalized spacial score (nSPS) is 19.2. The molecule has 1 aliphatic heterocycles. The second-order valence-electron chi connectivity index (χ2n) is 10.5. The van der Waals surface area contributed by atoms with E-state index in [1.807, 2.05) is 49.4 Å². The number of carbonyl (C=O) groups excluding carboxylic acids is 1. The summed E-state index contributed by atoms with van der Waals surface area (Å²) >= 11 is 0. The number of allylic oxidation sites excluding steroid dienone is 3. The fourth-order valence-corrected chi connectivity index (χ4v) is 5.42. The van der Waals surface area contributed by atoms with Gasteiger partial charge in [-0.2, -0.15) is 5.26 Å². The number of Topliss-reactive ketones (excluding diaryl/α,β-unsaturated/α-hetero) is 1. The van der Waals surface area contributed by atoms with Gasteiger partial charge in [-0.15, -0.1) is 0 Å². The number of nitrogens with two attached hydrogens (primary N) is 1. The van der Waals surface area contributed by atoms with E-state index in [2.05, 4.69) is 36.7 Å². The van der Waals surface area contributed by atoms with Gasteiger partial charge in [0.05, 0.1) is 12.5 Å². The van der Waals surface area contributed by atoms with E-state index in [0.29, 0.717) is 36.4 Å². The molecule has 184 valence electrons. The van der Waals surface area contributed by atoms with Gasteiger partial charge in [-0.3, -0.25) is 4.79 Å². The number of aryl methyl sites for hydroxylation is 2. The van der Waals surface area contributed by atoms with E-state index >= 15 is 0 Å². The average Bonchev–Trinajstić information content (AvgIpc) is 3.19. The first-order valence-electron chi connectivity index (χ1n) is 12.4. The molecule has 0 radical (unpaired) electrons. The third-order valence-corrected chi connectivity index (χ3v) is 7.10. The Labute approximate surface area is 211 Å². The van der Waals surface area contributed by atoms with Crippen LogP contribution < -0.4 is 10.5 Å². The molecule has 0 spiro atoms. The van der Waals surface area contributed by atoms with Crippen molar-refractivity contribution in [1.82, 2.24) is 4.57 Å². The smallest absolute Gasteiger partial charge is 0.205 e. The van der Waals surface area contributed by atoms with Gasteiger partial charge in [0.25, 0.3) is 0 Å². The monoisotopic (exact) mass is 481 g/mol. The third-order valence-electron chi connectivity index (χ3n) is 7.10. The highest BCUT2D eigenvalue weighted by molar-refractivity contribution is 6.01. The molecule has 2 heterocycles. The molecule has 36 heavy (non-hydrogen) atoms. The lowest BCUT2D eigenvalue weighted by atomic mass is 9.70. The van der Waals surface area contributed by atoms with Crippen molar-refractivity contribution in [3.63, 3.8) is 0 Å². The zero-order valence-corrected chi connectivity index (χ0v) is 21.0. The number of rotatable bonds is 6. The lowest BCUT2D eigenvalue weighted by Gasteiger charge is -2.37. The molecule has 0 fully saturated rings. The highest BCUT2D eigenvalue weighted by Gasteiger charge is 2.43. The zero-order valence-electron chi connectivity index (χ0n) is 21.0. The molecule has 5 rings (SSSR count). The standard InChI is InChI=1S/C30H31N3O3/c1-19-9-4-7-12-25(19)35-14-8-13-33-18-22(20-10-5-6-11-23(20)33)27-21(17-31)29(32)36-26-16-30(2,3)15-24(34)28(26)27/h4-7,9-12,18,27H,8,13-16,32H2,1-3H3. The lowest BCUT2D eigenvalue weighted by Crippen LogP contribution is -2.33. The Morgan fingerprint density at radius 2 is 1.92 bits per heavy atom. The highest BCUT2D eigenvalue weighted by Crippen LogP contribution is 2.49. The molecule has 6 heteroatoms. The first-order chi connectivity index (χ1) is 17.3. The van der Waals surface area contributed by atoms with Gasteiger partial charge in [-0.25, -0.2) is 0 Å². The lowest BCUT2D eigenvalue weighted by molar-refractivity contribution is -0.119. The summed E-state index contributed by atoms with van der Waals surface area (Å²) in [5.41, 5.74) is 9.98. The van der Waals surface area contributed by atoms with Crippen LogP contribution in [0.2, 0.25) is 0 Å². The maximum Gasteiger partial charge on any atom is 0.205 e. The van der Waals surface area contributed by atoms with Gasteiger partial charge in [0.15, 0.2) is 5.78 Å². The summed E-state index contributed by atoms with van der Waals surface area (Å²) in [4.78, 5) is 13.4. The number of hydrogen-bond donors (Lipinski definition) is 1. The molecule has 1 aliphatic carbocycles. The van der Waals surface area contributed by atoms with E-state index in [-0.39, 0.29) is 17.1 Å². The molecule has 1 atom stereocenters. The Morgan fingerprint density at radius 1 is 1.17 bits per heavy atom. The minimum Gasteiger partial charge on any atom is -0.493 e. The van der Waals surface area contributed by atoms with Gasteiger partial charge < -0.3 is 19.8 Å². The maximum atomic E-state index is 13.4. The van der Waals surface area contributed by atoms with E-state index in [0.717, 1.165) is 40.7 Å². The number of carbonyl (C=O) groups is 1. The van der Waals surface area contributed by atoms with Gasteiger partial charge in [0.1, 0.15) is 23.2 Å². The average molecular weight is 482 g/mol. The Morgan fingerprint density at radius 3 is 2.69 bits per heavy atom. The van der Waals surface area contributed by atoms with Crippen molar-refractivity contribution < 1.29 is 14.3 Å². The van der Waals surface area contributed by atoms with Crippen LogP contribution in [0.3, 0.4) is 0 Å². The quantitative estimate of drug-likeness (QED) is 0.445. The van der Waals surface area contributed by atoms with E-state index in [1.165, 1.54) is 0 Å². The number of hydrogen-bond acceptors (Lipinski definition) is 5. The van der Waals surface area contributed by atoms with Gasteiger partial charge >= 0.3 is 0 Å². The summed E-state index contributed by atoms with van der Waals surface area (Å²) < 4.78 is 14.1. The molecule has 1 unspecified atom stereocenters. The van der Waals surface area contributed by atoms with Gasteiger partial charge in [0.2, 0.25) is 5.88 Å². The number of para-hydroxylation sites is 2. The third kappa shape index (κ3) is 4.26. The SMILES string of the molecule is Cc1ccccc1OCCCn1cc(C2C(C#N)=C(N)OC3=C2C(=O)CC(C)(C)C3)c2ccccc21. The van der Waals surface area contributed by atoms with Crippen molar-refractivity contribution in [2.24, 2.45) is 11.1 Å². The van der Waals surface area contributed by atoms with Crippen molar-refractivity contribution in [2.75, 3.05) is 6.61 Å². The number of nitriles is 1. The second-order valence-corrected chi connectivity index (χ2v) is 10.5. The van der Waals surface area contributed by atoms with Crippen LogP contribution in [0.4, 0.5) is 0 Å². The van der Waals surface area contributed by atoms with Crippen LogP contribution in [0.25, 0.3) is 10.9 Å². The Hall–Kier alpha value is -3.98. The molecule has 0 amide bonds. The van der Waals surface area contributed by atoms with Crippen LogP contribution in [0.15, 0.2) is 77.5 Å². The molecule has 1 aromatic heterocycles. The Kier molecular flexibility index (Phi) is 6.09. The van der Waals surface area contributed by atoms with Crippen LogP contribution in [-0.4, -0.2) is 17.0 Å². The highest BCUT2D eigenvalue weighted by atomic mass is 16.5. The largest absolute Gasteiger partial charge is 0.493 e. The van der Waals surface area contributed by atoms with Crippen LogP contribution in [0.1, 0.15) is 50.2 Å². The van der Waals surface area contributed by atoms with Crippen LogP contribution in [0.5, 0.6) is 5.75 Å². The number of ketones is 1. The molecule has 2 aromatic carbocycles. The molecule has 0 saturated carbocycles. The summed E-state index contributed by atoms with van der Waals surface area (Å²) in [6.07, 6.45) is 3.90. The molecule has 2 aliphatic rings. The van der Waals surface area contributed by atoms with Crippen LogP contribution in [-0.2, 0) is 16.1 Å². The zero-order chi connectivity index (χ0) is 25.4. The number of aromatic nitrogens is 1. The van der Waals surface area contributed by atoms with Crippen molar-refractivity contribution in [3.8, 4) is 11.8 Å². The predicted molar refractivity (Wildman–Crippen MR) is 139 cm³/mol. The minimum atomic E-state index is -0.531. The van der Waals surface area contributed by atoms with Crippen molar-refractivity contribution in [1.29, 1.82) is 5.26 Å². The van der Waals surface area contributed by atoms with Crippen molar-refractivity contribution >= 4 is 16.7 Å². The first-order valence-corrected chi connectivity index (χ1v) is 12.4. The second kappa shape index (κ2) is 9.23. The summed E-state index contributed by atoms with van der Waals surface area (Å²) in [5.74, 6) is 1.08. The summed E-state index contributed by atoms with van der Waals surface area (Å²) in [7, 11) is 0. The molecular formula is C30H31N3O3. The molecule has 0 saturated heterocycles. The number of benzene rings is 2. The topological polar surface area (TPSA) is 90.3 Å². The van der Waals surface area contributed by atoms with E-state index < -0.39 is 5.92 Å². The summed E-state index contributed by atoms with van der Waals surface area (Å²) in [6.45, 7) is 7.47. The Balaban J connectivity index is 1.49. The fourth-order valence-electron chi connectivity index (χ4n) is 5.42. The fraction of sp³-hybridized carbons (Fsp3) is 0.333. The number of fused-ring (bicyclic) bond motifs is 1. The first kappa shape index (κ1) is 23.7. The van der Waals surface area contributed by atoms with Crippen LogP contribution >= 0.6 is 0 Å².